The van der Waals surface area contributed by atoms with Crippen molar-refractivity contribution < 1.29 is 25.6 Å². The van der Waals surface area contributed by atoms with E-state index in [0.717, 1.165) is 6.42 Å². The van der Waals surface area contributed by atoms with Gasteiger partial charge in [-0.25, -0.2) is 0 Å². The minimum atomic E-state index is -3.98. The lowest BCUT2D eigenvalue weighted by molar-refractivity contribution is -0.177. The molecule has 0 rings (SSSR count). The maximum atomic E-state index is 12.0. The maximum absolute atomic E-state index is 12.0. The Morgan fingerprint density at radius 1 is 1.17 bits per heavy atom. The molecule has 0 radical (unpaired) electrons. The molecule has 12 heavy (non-hydrogen) atoms. The lowest BCUT2D eigenvalue weighted by Gasteiger charge is -2.17. The van der Waals surface area contributed by atoms with Crippen LogP contribution in [0.4, 0.5) is 13.2 Å². The molecule has 0 saturated heterocycles. The SMILES string of the molecule is CCCCC(CC)C(F)(F)F.[Cl-]. The summed E-state index contributed by atoms with van der Waals surface area (Å²) in [6.07, 6.45) is -1.96. The monoisotopic (exact) mass is 203 g/mol. The van der Waals surface area contributed by atoms with Crippen molar-refractivity contribution in [3.63, 3.8) is 0 Å². The first kappa shape index (κ1) is 14.6. The van der Waals surface area contributed by atoms with Crippen LogP contribution in [0.1, 0.15) is 39.5 Å². The summed E-state index contributed by atoms with van der Waals surface area (Å²) in [6.45, 7) is 3.50. The summed E-state index contributed by atoms with van der Waals surface area (Å²) in [5.74, 6) is -1.08. The van der Waals surface area contributed by atoms with Gasteiger partial charge in [-0.3, -0.25) is 0 Å². The van der Waals surface area contributed by atoms with E-state index in [2.05, 4.69) is 0 Å². The second-order valence-electron chi connectivity index (χ2n) is 2.79. The smallest absolute Gasteiger partial charge is 0.391 e. The molecule has 0 bridgehead atoms. The van der Waals surface area contributed by atoms with Crippen molar-refractivity contribution in [2.75, 3.05) is 0 Å². The van der Waals surface area contributed by atoms with E-state index < -0.39 is 12.1 Å². The zero-order chi connectivity index (χ0) is 8.91. The van der Waals surface area contributed by atoms with Gasteiger partial charge < -0.3 is 12.4 Å². The van der Waals surface area contributed by atoms with Gasteiger partial charge in [0.05, 0.1) is 5.92 Å². The standard InChI is InChI=1S/C8H15F3.ClH/c1-3-5-6-7(4-2)8(9,10)11;/h7H,3-6H2,1-2H3;1H/p-1. The van der Waals surface area contributed by atoms with Crippen molar-refractivity contribution >= 4 is 0 Å². The largest absolute Gasteiger partial charge is 1.00 e. The predicted octanol–water partition coefficient (Wildman–Crippen LogP) is 0.769. The summed E-state index contributed by atoms with van der Waals surface area (Å²) in [5, 5.41) is 0. The molecule has 0 aromatic carbocycles. The van der Waals surface area contributed by atoms with E-state index in [0.29, 0.717) is 6.42 Å². The molecule has 0 saturated carbocycles. The number of alkyl halides is 3. The van der Waals surface area contributed by atoms with Gasteiger partial charge >= 0.3 is 6.18 Å². The molecule has 1 unspecified atom stereocenters. The molecule has 0 fully saturated rings. The fraction of sp³-hybridized carbons (Fsp3) is 1.00. The molecule has 0 N–H and O–H groups in total. The highest BCUT2D eigenvalue weighted by Crippen LogP contribution is 2.32. The second kappa shape index (κ2) is 6.58. The highest BCUT2D eigenvalue weighted by atomic mass is 35.5. The van der Waals surface area contributed by atoms with Gasteiger partial charge in [0.25, 0.3) is 0 Å². The molecule has 76 valence electrons. The lowest BCUT2D eigenvalue weighted by Crippen LogP contribution is -3.00. The van der Waals surface area contributed by atoms with Crippen LogP contribution in [0.3, 0.4) is 0 Å². The van der Waals surface area contributed by atoms with Crippen molar-refractivity contribution in [3.05, 3.63) is 0 Å². The summed E-state index contributed by atoms with van der Waals surface area (Å²) in [4.78, 5) is 0. The van der Waals surface area contributed by atoms with E-state index in [1.54, 1.807) is 6.92 Å². The van der Waals surface area contributed by atoms with E-state index >= 15 is 0 Å². The maximum Gasteiger partial charge on any atom is 0.391 e. The first-order valence-corrected chi connectivity index (χ1v) is 4.09. The Labute approximate surface area is 77.9 Å². The number of rotatable bonds is 4. The minimum Gasteiger partial charge on any atom is -1.00 e. The minimum absolute atomic E-state index is 0. The van der Waals surface area contributed by atoms with Crippen LogP contribution < -0.4 is 12.4 Å². The highest BCUT2D eigenvalue weighted by molar-refractivity contribution is 4.65. The number of hydrogen-bond donors (Lipinski definition) is 0. The van der Waals surface area contributed by atoms with E-state index in [1.165, 1.54) is 0 Å². The Morgan fingerprint density at radius 2 is 1.67 bits per heavy atom. The van der Waals surface area contributed by atoms with Crippen molar-refractivity contribution in [1.82, 2.24) is 0 Å². The molecule has 0 aliphatic heterocycles. The van der Waals surface area contributed by atoms with Gasteiger partial charge in [-0.05, 0) is 12.8 Å². The Bertz CT molecular complexity index is 101. The first-order chi connectivity index (χ1) is 5.02. The third kappa shape index (κ3) is 5.70. The molecule has 1 atom stereocenters. The summed E-state index contributed by atoms with van der Waals surface area (Å²) in [7, 11) is 0. The molecular formula is C8H15ClF3-. The molecule has 0 aliphatic rings. The zero-order valence-electron chi connectivity index (χ0n) is 7.42. The van der Waals surface area contributed by atoms with Crippen molar-refractivity contribution in [3.8, 4) is 0 Å². The number of hydrogen-bond acceptors (Lipinski definition) is 0. The lowest BCUT2D eigenvalue weighted by atomic mass is 9.99. The van der Waals surface area contributed by atoms with Gasteiger partial charge in [0.1, 0.15) is 0 Å². The third-order valence-electron chi connectivity index (χ3n) is 1.86. The van der Waals surface area contributed by atoms with Crippen molar-refractivity contribution in [2.24, 2.45) is 5.92 Å². The van der Waals surface area contributed by atoms with E-state index in [1.807, 2.05) is 6.92 Å². The Kier molecular flexibility index (Phi) is 8.00. The Balaban J connectivity index is 0. The third-order valence-corrected chi connectivity index (χ3v) is 1.86. The van der Waals surface area contributed by atoms with Gasteiger partial charge in [-0.1, -0.05) is 26.7 Å². The highest BCUT2D eigenvalue weighted by Gasteiger charge is 2.37. The molecule has 0 nitrogen and oxygen atoms in total. The molecule has 0 aliphatic carbocycles. The molecule has 0 aromatic heterocycles. The summed E-state index contributed by atoms with van der Waals surface area (Å²) >= 11 is 0. The van der Waals surface area contributed by atoms with E-state index in [-0.39, 0.29) is 25.2 Å². The van der Waals surface area contributed by atoms with Gasteiger partial charge in [-0.15, -0.1) is 0 Å². The Morgan fingerprint density at radius 3 is 1.92 bits per heavy atom. The van der Waals surface area contributed by atoms with E-state index in [4.69, 9.17) is 0 Å². The average molecular weight is 204 g/mol. The van der Waals surface area contributed by atoms with Crippen LogP contribution in [-0.4, -0.2) is 6.18 Å². The first-order valence-electron chi connectivity index (χ1n) is 4.09. The fourth-order valence-corrected chi connectivity index (χ4v) is 1.05. The van der Waals surface area contributed by atoms with Crippen LogP contribution >= 0.6 is 0 Å². The van der Waals surface area contributed by atoms with Crippen LogP contribution in [-0.2, 0) is 0 Å². The number of unbranched alkanes of at least 4 members (excludes halogenated alkanes) is 1. The average Bonchev–Trinajstić information content (AvgIpc) is 1.87. The second-order valence-corrected chi connectivity index (χ2v) is 2.79. The van der Waals surface area contributed by atoms with Crippen molar-refractivity contribution in [2.45, 2.75) is 45.7 Å². The van der Waals surface area contributed by atoms with Gasteiger partial charge in [-0.2, -0.15) is 13.2 Å². The molecule has 0 heterocycles. The summed E-state index contributed by atoms with van der Waals surface area (Å²) < 4.78 is 36.1. The summed E-state index contributed by atoms with van der Waals surface area (Å²) in [6, 6.07) is 0. The molecule has 0 spiro atoms. The normalized spacial score (nSPS) is 13.8. The van der Waals surface area contributed by atoms with Crippen LogP contribution in [0, 0.1) is 5.92 Å². The molecular weight excluding hydrogens is 189 g/mol. The quantitative estimate of drug-likeness (QED) is 0.633. The number of halogens is 4. The van der Waals surface area contributed by atoms with Crippen molar-refractivity contribution in [1.29, 1.82) is 0 Å². The fourth-order valence-electron chi connectivity index (χ4n) is 1.05. The molecule has 4 heteroatoms. The Hall–Kier alpha value is 0.0800. The van der Waals surface area contributed by atoms with Gasteiger partial charge in [0, 0.05) is 0 Å². The van der Waals surface area contributed by atoms with Gasteiger partial charge in [0.2, 0.25) is 0 Å². The molecule has 0 aromatic rings. The topological polar surface area (TPSA) is 0 Å². The van der Waals surface area contributed by atoms with E-state index in [9.17, 15) is 13.2 Å². The molecule has 0 amide bonds. The van der Waals surface area contributed by atoms with Crippen LogP contribution in [0.25, 0.3) is 0 Å². The van der Waals surface area contributed by atoms with Crippen LogP contribution in [0.5, 0.6) is 0 Å². The zero-order valence-corrected chi connectivity index (χ0v) is 8.17. The summed E-state index contributed by atoms with van der Waals surface area (Å²) in [5.41, 5.74) is 0. The predicted molar refractivity (Wildman–Crippen MR) is 39.4 cm³/mol. The van der Waals surface area contributed by atoms with Crippen LogP contribution in [0.2, 0.25) is 0 Å². The van der Waals surface area contributed by atoms with Crippen LogP contribution in [0.15, 0.2) is 0 Å². The van der Waals surface area contributed by atoms with Gasteiger partial charge in [0.15, 0.2) is 0 Å².